The van der Waals surface area contributed by atoms with Gasteiger partial charge in [0.25, 0.3) is 17.5 Å². The van der Waals surface area contributed by atoms with Crippen LogP contribution in [0.15, 0.2) is 54.7 Å². The Morgan fingerprint density at radius 3 is 2.53 bits per heavy atom. The van der Waals surface area contributed by atoms with Gasteiger partial charge in [0.1, 0.15) is 23.6 Å². The first-order chi connectivity index (χ1) is 21.2. The number of carbonyl (C=O) groups is 3. The zero-order chi connectivity index (χ0) is 32.7. The zero-order valence-corrected chi connectivity index (χ0v) is 26.0. The van der Waals surface area contributed by atoms with Gasteiger partial charge in [-0.2, -0.15) is 0 Å². The maximum absolute atomic E-state index is 13.6. The number of halogens is 1. The molecule has 12 nitrogen and oxygen atoms in total. The summed E-state index contributed by atoms with van der Waals surface area (Å²) in [6.45, 7) is 6.85. The van der Waals surface area contributed by atoms with E-state index < -0.39 is 27.8 Å². The third-order valence-electron chi connectivity index (χ3n) is 8.05. The Hall–Kier alpha value is -4.71. The maximum Gasteiger partial charge on any atom is 0.312 e. The molecule has 13 heteroatoms. The van der Waals surface area contributed by atoms with Gasteiger partial charge in [0.2, 0.25) is 5.88 Å². The SMILES string of the molecule is CC(C)(COc1ccccc1-c1ccc(C(=O)N2CCC(N3C(=O)C(C)(C)Oc4ncc(Cl)cc43)CC2)c([N+](=O)[O-])c1)C(=O)O. The van der Waals surface area contributed by atoms with Crippen molar-refractivity contribution in [1.82, 2.24) is 9.88 Å². The van der Waals surface area contributed by atoms with E-state index >= 15 is 0 Å². The van der Waals surface area contributed by atoms with Crippen molar-refractivity contribution in [3.8, 4) is 22.8 Å². The van der Waals surface area contributed by atoms with Crippen molar-refractivity contribution in [2.24, 2.45) is 5.41 Å². The van der Waals surface area contributed by atoms with E-state index in [1.807, 2.05) is 0 Å². The van der Waals surface area contributed by atoms with Crippen LogP contribution in [0.4, 0.5) is 11.4 Å². The second kappa shape index (κ2) is 12.0. The predicted octanol–water partition coefficient (Wildman–Crippen LogP) is 5.61. The van der Waals surface area contributed by atoms with Crippen LogP contribution in [0.3, 0.4) is 0 Å². The number of amides is 2. The number of ether oxygens (including phenoxy) is 2. The molecule has 3 heterocycles. The number of carboxylic acids is 1. The Bertz CT molecular complexity index is 1680. The lowest BCUT2D eigenvalue weighted by Gasteiger charge is -2.44. The average molecular weight is 637 g/mol. The quantitative estimate of drug-likeness (QED) is 0.246. The van der Waals surface area contributed by atoms with Crippen LogP contribution >= 0.6 is 11.6 Å². The first kappa shape index (κ1) is 31.7. The van der Waals surface area contributed by atoms with Crippen molar-refractivity contribution >= 4 is 40.8 Å². The monoisotopic (exact) mass is 636 g/mol. The van der Waals surface area contributed by atoms with Gasteiger partial charge in [-0.15, -0.1) is 0 Å². The summed E-state index contributed by atoms with van der Waals surface area (Å²) in [6.07, 6.45) is 2.32. The Labute approximate surface area is 264 Å². The van der Waals surface area contributed by atoms with Crippen LogP contribution in [0.5, 0.6) is 11.6 Å². The number of nitro groups is 1. The first-order valence-corrected chi connectivity index (χ1v) is 14.8. The molecule has 0 radical (unpaired) electrons. The standard InChI is InChI=1S/C32H33ClN4O8/c1-31(2,30(40)41)18-44-26-8-6-5-7-22(26)19-9-10-23(24(15-19)37(42)43)28(38)35-13-11-21(12-14-35)36-25-16-20(33)17-34-27(25)45-32(3,4)29(36)39/h5-10,15-17,21H,11-14,18H2,1-4H3,(H,40,41). The minimum Gasteiger partial charge on any atom is -0.492 e. The van der Waals surface area contributed by atoms with Crippen molar-refractivity contribution in [3.63, 3.8) is 0 Å². The molecule has 1 aromatic heterocycles. The second-order valence-electron chi connectivity index (χ2n) is 12.3. The van der Waals surface area contributed by atoms with Crippen molar-refractivity contribution in [3.05, 3.63) is 75.4 Å². The predicted molar refractivity (Wildman–Crippen MR) is 166 cm³/mol. The number of rotatable bonds is 8. The first-order valence-electron chi connectivity index (χ1n) is 14.4. The number of aromatic nitrogens is 1. The molecular weight excluding hydrogens is 604 g/mol. The van der Waals surface area contributed by atoms with Crippen LogP contribution in [0.2, 0.25) is 5.02 Å². The van der Waals surface area contributed by atoms with Gasteiger partial charge in [0.15, 0.2) is 5.60 Å². The van der Waals surface area contributed by atoms with Gasteiger partial charge >= 0.3 is 5.97 Å². The number of likely N-dealkylation sites (tertiary alicyclic amines) is 1. The molecule has 0 aliphatic carbocycles. The van der Waals surface area contributed by atoms with E-state index in [-0.39, 0.29) is 42.9 Å². The fraction of sp³-hybridized carbons (Fsp3) is 0.375. The van der Waals surface area contributed by atoms with E-state index in [0.717, 1.165) is 0 Å². The molecular formula is C32H33ClN4O8. The van der Waals surface area contributed by atoms with Gasteiger partial charge in [-0.1, -0.05) is 35.9 Å². The number of carboxylic acid groups (broad SMARTS) is 1. The summed E-state index contributed by atoms with van der Waals surface area (Å²) in [7, 11) is 0. The summed E-state index contributed by atoms with van der Waals surface area (Å²) < 4.78 is 11.7. The molecule has 0 unspecified atom stereocenters. The number of carbonyl (C=O) groups excluding carboxylic acids is 2. The molecule has 1 N–H and O–H groups in total. The molecule has 1 saturated heterocycles. The van der Waals surface area contributed by atoms with Crippen LogP contribution in [0, 0.1) is 15.5 Å². The van der Waals surface area contributed by atoms with Crippen LogP contribution in [0.25, 0.3) is 11.1 Å². The Morgan fingerprint density at radius 1 is 1.18 bits per heavy atom. The van der Waals surface area contributed by atoms with Crippen LogP contribution < -0.4 is 14.4 Å². The highest BCUT2D eigenvalue weighted by Gasteiger charge is 2.45. The molecule has 0 saturated carbocycles. The molecule has 2 aliphatic rings. The van der Waals surface area contributed by atoms with Crippen molar-refractivity contribution in [1.29, 1.82) is 0 Å². The lowest BCUT2D eigenvalue weighted by molar-refractivity contribution is -0.385. The van der Waals surface area contributed by atoms with Gasteiger partial charge in [-0.25, -0.2) is 4.98 Å². The number of benzene rings is 2. The van der Waals surface area contributed by atoms with Crippen LogP contribution in [-0.2, 0) is 9.59 Å². The maximum atomic E-state index is 13.6. The fourth-order valence-corrected chi connectivity index (χ4v) is 5.55. The van der Waals surface area contributed by atoms with Gasteiger partial charge < -0.3 is 24.4 Å². The molecule has 3 aromatic rings. The molecule has 5 rings (SSSR count). The van der Waals surface area contributed by atoms with Crippen LogP contribution in [-0.4, -0.2) is 69.0 Å². The van der Waals surface area contributed by atoms with E-state index in [9.17, 15) is 29.6 Å². The van der Waals surface area contributed by atoms with Crippen molar-refractivity contribution in [2.45, 2.75) is 52.2 Å². The summed E-state index contributed by atoms with van der Waals surface area (Å²) in [6, 6.07) is 12.6. The smallest absolute Gasteiger partial charge is 0.312 e. The van der Waals surface area contributed by atoms with E-state index in [1.165, 1.54) is 32.2 Å². The third kappa shape index (κ3) is 6.28. The largest absolute Gasteiger partial charge is 0.492 e. The Morgan fingerprint density at radius 2 is 1.87 bits per heavy atom. The van der Waals surface area contributed by atoms with E-state index in [1.54, 1.807) is 60.0 Å². The summed E-state index contributed by atoms with van der Waals surface area (Å²) in [5, 5.41) is 22.0. The molecule has 0 bridgehead atoms. The molecule has 2 aliphatic heterocycles. The second-order valence-corrected chi connectivity index (χ2v) is 12.7. The van der Waals surface area contributed by atoms with Gasteiger partial charge in [0.05, 0.1) is 15.4 Å². The number of hydrogen-bond donors (Lipinski definition) is 1. The number of fused-ring (bicyclic) bond motifs is 1. The number of nitrogens with zero attached hydrogens (tertiary/aromatic N) is 4. The number of nitro benzene ring substituents is 1. The van der Waals surface area contributed by atoms with Gasteiger partial charge in [-0.05, 0) is 64.3 Å². The van der Waals surface area contributed by atoms with E-state index in [2.05, 4.69) is 4.98 Å². The zero-order valence-electron chi connectivity index (χ0n) is 25.3. The number of piperidine rings is 1. The highest BCUT2D eigenvalue weighted by molar-refractivity contribution is 6.31. The molecule has 45 heavy (non-hydrogen) atoms. The van der Waals surface area contributed by atoms with Gasteiger partial charge in [0, 0.05) is 37.0 Å². The van der Waals surface area contributed by atoms with E-state index in [0.29, 0.717) is 46.3 Å². The molecule has 236 valence electrons. The summed E-state index contributed by atoms with van der Waals surface area (Å²) in [4.78, 5) is 57.6. The lowest BCUT2D eigenvalue weighted by atomic mass is 9.95. The lowest BCUT2D eigenvalue weighted by Crippen LogP contribution is -2.58. The number of aliphatic carboxylic acids is 1. The Kier molecular flexibility index (Phi) is 8.45. The van der Waals surface area contributed by atoms with E-state index in [4.69, 9.17) is 21.1 Å². The normalized spacial score (nSPS) is 16.5. The van der Waals surface area contributed by atoms with Crippen molar-refractivity contribution in [2.75, 3.05) is 24.6 Å². The highest BCUT2D eigenvalue weighted by atomic mass is 35.5. The summed E-state index contributed by atoms with van der Waals surface area (Å²) >= 11 is 6.18. The van der Waals surface area contributed by atoms with Crippen molar-refractivity contribution < 1.29 is 33.9 Å². The number of pyridine rings is 1. The number of para-hydroxylation sites is 1. The molecule has 0 spiro atoms. The average Bonchev–Trinajstić information content (AvgIpc) is 3.00. The number of anilines is 1. The highest BCUT2D eigenvalue weighted by Crippen LogP contribution is 2.41. The molecule has 1 fully saturated rings. The topological polar surface area (TPSA) is 152 Å². The van der Waals surface area contributed by atoms with Crippen LogP contribution in [0.1, 0.15) is 50.9 Å². The fourth-order valence-electron chi connectivity index (χ4n) is 5.39. The molecule has 0 atom stereocenters. The van der Waals surface area contributed by atoms with Gasteiger partial charge in [-0.3, -0.25) is 24.5 Å². The molecule has 2 aromatic carbocycles. The minimum atomic E-state index is -1.15. The molecule has 2 amide bonds. The minimum absolute atomic E-state index is 0.0579. The number of hydrogen-bond acceptors (Lipinski definition) is 8. The Balaban J connectivity index is 1.35. The summed E-state index contributed by atoms with van der Waals surface area (Å²) in [5.74, 6) is -1.09. The third-order valence-corrected chi connectivity index (χ3v) is 8.26. The summed E-state index contributed by atoms with van der Waals surface area (Å²) in [5.41, 5.74) is -1.27.